The lowest BCUT2D eigenvalue weighted by Crippen LogP contribution is -1.97. The minimum absolute atomic E-state index is 1.14. The maximum absolute atomic E-state index is 2.56. The van der Waals surface area contributed by atoms with Gasteiger partial charge in [0, 0.05) is 52.7 Å². The molecule has 1 nitrogen and oxygen atoms in total. The van der Waals surface area contributed by atoms with Crippen LogP contribution in [0.25, 0.3) is 146 Å². The van der Waals surface area contributed by atoms with Crippen molar-refractivity contribution in [2.45, 2.75) is 52.9 Å². The van der Waals surface area contributed by atoms with Gasteiger partial charge in [0.15, 0.2) is 0 Å². The first-order valence-corrected chi connectivity index (χ1v) is 28.1. The fraction of sp³-hybridized carbons (Fsp3) is 0.108. The summed E-state index contributed by atoms with van der Waals surface area (Å²) in [4.78, 5) is 0. The predicted octanol–water partition coefficient (Wildman–Crippen LogP) is 21.8. The summed E-state index contributed by atoms with van der Waals surface area (Å²) in [5, 5.41) is 20.5. The Labute approximate surface area is 446 Å². The highest BCUT2D eigenvalue weighted by Gasteiger charge is 2.23. The summed E-state index contributed by atoms with van der Waals surface area (Å²) < 4.78 is 5.20. The molecule has 0 saturated carbocycles. The Hall–Kier alpha value is -8.56. The third-order valence-corrected chi connectivity index (χ3v) is 18.1. The van der Waals surface area contributed by atoms with Crippen molar-refractivity contribution < 1.29 is 0 Å². The molecule has 0 spiro atoms. The van der Waals surface area contributed by atoms with Gasteiger partial charge in [-0.2, -0.15) is 0 Å². The molecule has 0 atom stereocenters. The van der Waals surface area contributed by atoms with Crippen molar-refractivity contribution >= 4 is 118 Å². The van der Waals surface area contributed by atoms with Crippen LogP contribution in [-0.4, -0.2) is 4.57 Å². The Kier molecular flexibility index (Phi) is 10.5. The van der Waals surface area contributed by atoms with Crippen LogP contribution in [0.15, 0.2) is 218 Å². The van der Waals surface area contributed by atoms with E-state index in [1.807, 2.05) is 11.3 Å². The second kappa shape index (κ2) is 17.8. The first kappa shape index (κ1) is 44.9. The Morgan fingerprint density at radius 1 is 0.355 bits per heavy atom. The molecule has 15 aromatic rings. The van der Waals surface area contributed by atoms with Gasteiger partial charge < -0.3 is 4.57 Å². The molecular formula is C74H55NS. The minimum atomic E-state index is 1.14. The van der Waals surface area contributed by atoms with Crippen LogP contribution in [0.3, 0.4) is 0 Å². The van der Waals surface area contributed by atoms with Gasteiger partial charge in [-0.05, 0) is 168 Å². The number of benzene rings is 13. The van der Waals surface area contributed by atoms with Gasteiger partial charge in [-0.25, -0.2) is 0 Å². The molecule has 13 aromatic carbocycles. The van der Waals surface area contributed by atoms with Gasteiger partial charge in [0.1, 0.15) is 0 Å². The molecule has 2 heteroatoms. The molecule has 0 fully saturated rings. The first-order valence-electron chi connectivity index (χ1n) is 27.3. The summed E-state index contributed by atoms with van der Waals surface area (Å²) in [6, 6.07) is 83.4. The molecule has 0 saturated heterocycles. The summed E-state index contributed by atoms with van der Waals surface area (Å²) in [5.41, 5.74) is 15.3. The number of nitrogens with zero attached hydrogens (tertiary/aromatic N) is 1. The van der Waals surface area contributed by atoms with Crippen molar-refractivity contribution in [2.24, 2.45) is 0 Å². The molecule has 15 rings (SSSR count). The van der Waals surface area contributed by atoms with Gasteiger partial charge in [-0.3, -0.25) is 0 Å². The highest BCUT2D eigenvalue weighted by atomic mass is 32.1. The molecule has 0 aliphatic carbocycles. The molecule has 0 N–H and O–H groups in total. The number of para-hydroxylation sites is 1. The lowest BCUT2D eigenvalue weighted by Gasteiger charge is -2.17. The molecular weight excluding hydrogens is 935 g/mol. The van der Waals surface area contributed by atoms with Gasteiger partial charge in [-0.1, -0.05) is 196 Å². The Morgan fingerprint density at radius 2 is 0.947 bits per heavy atom. The Morgan fingerprint density at radius 3 is 1.70 bits per heavy atom. The second-order valence-corrected chi connectivity index (χ2v) is 22.4. The zero-order valence-corrected chi connectivity index (χ0v) is 44.0. The van der Waals surface area contributed by atoms with E-state index in [9.17, 15) is 0 Å². The fourth-order valence-corrected chi connectivity index (χ4v) is 14.2. The fourth-order valence-electron chi connectivity index (χ4n) is 13.0. The van der Waals surface area contributed by atoms with Gasteiger partial charge in [-0.15, -0.1) is 11.3 Å². The third kappa shape index (κ3) is 7.04. The molecule has 2 heterocycles. The molecule has 0 aliphatic heterocycles. The van der Waals surface area contributed by atoms with E-state index in [0.717, 1.165) is 6.42 Å². The monoisotopic (exact) mass is 989 g/mol. The number of thiophene rings is 1. The number of hydrogen-bond donors (Lipinski definition) is 0. The van der Waals surface area contributed by atoms with Gasteiger partial charge >= 0.3 is 0 Å². The molecule has 2 aromatic heterocycles. The first-order chi connectivity index (χ1) is 37.5. The van der Waals surface area contributed by atoms with E-state index in [4.69, 9.17) is 0 Å². The van der Waals surface area contributed by atoms with Crippen molar-refractivity contribution in [1.29, 1.82) is 0 Å². The molecule has 362 valence electrons. The minimum Gasteiger partial charge on any atom is -0.308 e. The highest BCUT2D eigenvalue weighted by molar-refractivity contribution is 7.26. The zero-order valence-electron chi connectivity index (χ0n) is 43.2. The van der Waals surface area contributed by atoms with E-state index in [0.29, 0.717) is 0 Å². The van der Waals surface area contributed by atoms with E-state index < -0.39 is 0 Å². The van der Waals surface area contributed by atoms with E-state index in [2.05, 4.69) is 244 Å². The molecule has 0 unspecified atom stereocenters. The Balaban J connectivity index is 0.957. The number of aromatic nitrogens is 1. The second-order valence-electron chi connectivity index (χ2n) is 21.4. The van der Waals surface area contributed by atoms with Gasteiger partial charge in [0.2, 0.25) is 0 Å². The van der Waals surface area contributed by atoms with Crippen molar-refractivity contribution in [3.63, 3.8) is 0 Å². The molecule has 76 heavy (non-hydrogen) atoms. The quantitative estimate of drug-likeness (QED) is 0.0772. The van der Waals surface area contributed by atoms with Crippen molar-refractivity contribution in [3.8, 4) is 39.1 Å². The third-order valence-electron chi connectivity index (χ3n) is 16.9. The predicted molar refractivity (Wildman–Crippen MR) is 332 cm³/mol. The lowest BCUT2D eigenvalue weighted by molar-refractivity contribution is 0.667. The largest absolute Gasteiger partial charge is 0.308 e. The van der Waals surface area contributed by atoms with Crippen molar-refractivity contribution in [2.75, 3.05) is 0 Å². The smallest absolute Gasteiger partial charge is 0.0618 e. The summed E-state index contributed by atoms with van der Waals surface area (Å²) >= 11 is 1.92. The van der Waals surface area contributed by atoms with Crippen LogP contribution in [0, 0.1) is 13.8 Å². The molecule has 0 bridgehead atoms. The lowest BCUT2D eigenvalue weighted by atomic mass is 9.88. The van der Waals surface area contributed by atoms with E-state index in [1.54, 1.807) is 0 Å². The normalized spacial score (nSPS) is 12.1. The average Bonchev–Trinajstić information content (AvgIpc) is 4.18. The topological polar surface area (TPSA) is 4.93 Å². The Bertz CT molecular complexity index is 4810. The van der Waals surface area contributed by atoms with Gasteiger partial charge in [0.05, 0.1) is 16.7 Å². The van der Waals surface area contributed by atoms with Crippen LogP contribution >= 0.6 is 11.3 Å². The van der Waals surface area contributed by atoms with Crippen LogP contribution in [0.4, 0.5) is 0 Å². The summed E-state index contributed by atoms with van der Waals surface area (Å²) in [6.07, 6.45) is 6.25. The SMILES string of the molecule is CCCCCCc1ccc(-c2cc(-c3cccc4ccccc34)c3sc4ccc(-c5ccc6c(c5)c5cc(C)c(C)cc5c5ccc7c(c8ccccc8n7-c7c8ccccc8cc8ccccc78)c65)cc4c3c2)cc1. The number of hydrogen-bond acceptors (Lipinski definition) is 1. The van der Waals surface area contributed by atoms with Crippen LogP contribution in [0.5, 0.6) is 0 Å². The maximum atomic E-state index is 2.56. The van der Waals surface area contributed by atoms with Crippen LogP contribution in [0.1, 0.15) is 49.3 Å². The number of rotatable bonds is 9. The number of unbranched alkanes of at least 4 members (excludes halogenated alkanes) is 3. The molecule has 0 radical (unpaired) electrons. The zero-order chi connectivity index (χ0) is 50.6. The van der Waals surface area contributed by atoms with E-state index in [-0.39, 0.29) is 0 Å². The number of aryl methyl sites for hydroxylation is 3. The maximum Gasteiger partial charge on any atom is 0.0618 e. The molecule has 0 aliphatic rings. The summed E-state index contributed by atoms with van der Waals surface area (Å²) in [5.74, 6) is 0. The van der Waals surface area contributed by atoms with Crippen LogP contribution in [-0.2, 0) is 6.42 Å². The summed E-state index contributed by atoms with van der Waals surface area (Å²) in [6.45, 7) is 6.81. The summed E-state index contributed by atoms with van der Waals surface area (Å²) in [7, 11) is 0. The van der Waals surface area contributed by atoms with Crippen molar-refractivity contribution in [3.05, 3.63) is 235 Å². The van der Waals surface area contributed by atoms with Crippen LogP contribution < -0.4 is 0 Å². The standard InChI is InChI=1S/C74H55NS/c1-4-5-6-7-17-47-28-30-48(31-29-47)54-43-66(58-26-16-21-49-18-8-11-22-55(49)58)74-67(44-54)65-42-51(33-37-70(65)76-74)50-32-34-59-64(41-50)63-39-46(3)45(2)38-62(63)60-35-36-69-72(71(59)60)61-25-14-15-27-68(61)75(69)73-56-23-12-9-19-52(56)40-53-20-10-13-24-57(53)73/h8-16,18-44H,4-7,17H2,1-3H3. The highest BCUT2D eigenvalue weighted by Crippen LogP contribution is 2.49. The van der Waals surface area contributed by atoms with Crippen molar-refractivity contribution in [1.82, 2.24) is 4.57 Å². The van der Waals surface area contributed by atoms with E-state index in [1.165, 1.54) is 188 Å². The van der Waals surface area contributed by atoms with Crippen LogP contribution in [0.2, 0.25) is 0 Å². The average molecular weight is 990 g/mol. The van der Waals surface area contributed by atoms with Gasteiger partial charge in [0.25, 0.3) is 0 Å². The van der Waals surface area contributed by atoms with E-state index >= 15 is 0 Å². The number of fused-ring (bicyclic) bond motifs is 16. The molecule has 0 amide bonds.